The maximum absolute atomic E-state index is 5.37. The van der Waals surface area contributed by atoms with Crippen LogP contribution in [0.25, 0.3) is 22.1 Å². The Morgan fingerprint density at radius 2 is 2.04 bits per heavy atom. The summed E-state index contributed by atoms with van der Waals surface area (Å²) >= 11 is 3.10. The predicted octanol–water partition coefficient (Wildman–Crippen LogP) is 4.00. The average Bonchev–Trinajstić information content (AvgIpc) is 3.45. The van der Waals surface area contributed by atoms with E-state index in [1.54, 1.807) is 18.4 Å². The molecule has 0 aliphatic heterocycles. The van der Waals surface area contributed by atoms with Crippen LogP contribution in [0.4, 0.5) is 0 Å². The second-order valence-corrected chi connectivity index (χ2v) is 7.48. The van der Waals surface area contributed by atoms with Gasteiger partial charge in [-0.15, -0.1) is 21.5 Å². The van der Waals surface area contributed by atoms with Crippen molar-refractivity contribution in [1.82, 2.24) is 24.9 Å². The summed E-state index contributed by atoms with van der Waals surface area (Å²) < 4.78 is 12.7. The zero-order valence-electron chi connectivity index (χ0n) is 14.6. The Morgan fingerprint density at radius 1 is 1.15 bits per heavy atom. The molecule has 9 heteroatoms. The number of thioether (sulfide) groups is 1. The highest BCUT2D eigenvalue weighted by Crippen LogP contribution is 2.27. The molecule has 0 spiro atoms. The van der Waals surface area contributed by atoms with Gasteiger partial charge in [-0.3, -0.25) is 4.57 Å². The van der Waals surface area contributed by atoms with Crippen molar-refractivity contribution in [2.45, 2.75) is 17.5 Å². The molecule has 0 radical (unpaired) electrons. The van der Waals surface area contributed by atoms with Gasteiger partial charge in [0.15, 0.2) is 11.0 Å². The molecule has 0 atom stereocenters. The molecule has 3 heterocycles. The molecular weight excluding hydrogens is 382 g/mol. The fourth-order valence-electron chi connectivity index (χ4n) is 2.53. The van der Waals surface area contributed by atoms with Gasteiger partial charge in [-0.2, -0.15) is 4.98 Å². The zero-order chi connectivity index (χ0) is 18.5. The van der Waals surface area contributed by atoms with Crippen molar-refractivity contribution >= 4 is 23.1 Å². The lowest BCUT2D eigenvalue weighted by atomic mass is 10.2. The van der Waals surface area contributed by atoms with Crippen molar-refractivity contribution in [2.24, 2.45) is 0 Å². The highest BCUT2D eigenvalue weighted by Gasteiger charge is 2.16. The minimum absolute atomic E-state index is 0.526. The van der Waals surface area contributed by atoms with Gasteiger partial charge in [-0.05, 0) is 11.4 Å². The first kappa shape index (κ1) is 17.9. The molecule has 7 nitrogen and oxygen atoms in total. The Balaban J connectivity index is 1.52. The average molecular weight is 400 g/mol. The van der Waals surface area contributed by atoms with Crippen molar-refractivity contribution in [3.63, 3.8) is 0 Å². The minimum Gasteiger partial charge on any atom is -0.383 e. The Bertz CT molecular complexity index is 983. The topological polar surface area (TPSA) is 78.9 Å². The Labute approximate surface area is 164 Å². The van der Waals surface area contributed by atoms with E-state index in [0.29, 0.717) is 30.6 Å². The first-order chi connectivity index (χ1) is 13.3. The molecule has 4 rings (SSSR count). The molecule has 0 aliphatic rings. The highest BCUT2D eigenvalue weighted by molar-refractivity contribution is 7.98. The Hall–Kier alpha value is -2.49. The summed E-state index contributed by atoms with van der Waals surface area (Å²) in [5.74, 6) is 2.52. The van der Waals surface area contributed by atoms with E-state index in [1.807, 2.05) is 47.8 Å². The van der Waals surface area contributed by atoms with Crippen LogP contribution in [0.15, 0.2) is 57.5 Å². The lowest BCUT2D eigenvalue weighted by Crippen LogP contribution is -2.07. The van der Waals surface area contributed by atoms with Crippen LogP contribution in [0.2, 0.25) is 0 Å². The van der Waals surface area contributed by atoms with Crippen LogP contribution >= 0.6 is 23.1 Å². The third-order valence-corrected chi connectivity index (χ3v) is 5.62. The third-order valence-electron chi connectivity index (χ3n) is 3.80. The van der Waals surface area contributed by atoms with Crippen LogP contribution < -0.4 is 0 Å². The van der Waals surface area contributed by atoms with Gasteiger partial charge in [0, 0.05) is 12.7 Å². The van der Waals surface area contributed by atoms with E-state index in [9.17, 15) is 0 Å². The summed E-state index contributed by atoms with van der Waals surface area (Å²) in [5.41, 5.74) is 1.02. The first-order valence-electron chi connectivity index (χ1n) is 8.32. The SMILES string of the molecule is COCCn1c(SCc2nc(-c3cccs3)no2)nnc1-c1ccccc1. The van der Waals surface area contributed by atoms with Gasteiger partial charge >= 0.3 is 0 Å². The van der Waals surface area contributed by atoms with Crippen molar-refractivity contribution in [3.8, 4) is 22.1 Å². The van der Waals surface area contributed by atoms with E-state index in [2.05, 4.69) is 24.9 Å². The zero-order valence-corrected chi connectivity index (χ0v) is 16.2. The summed E-state index contributed by atoms with van der Waals surface area (Å²) in [6, 6.07) is 13.9. The molecule has 138 valence electrons. The number of methoxy groups -OCH3 is 1. The number of nitrogens with zero attached hydrogens (tertiary/aromatic N) is 5. The fourth-order valence-corrected chi connectivity index (χ4v) is 3.98. The Morgan fingerprint density at radius 3 is 2.81 bits per heavy atom. The first-order valence-corrected chi connectivity index (χ1v) is 10.2. The Kier molecular flexibility index (Phi) is 5.61. The van der Waals surface area contributed by atoms with Gasteiger partial charge in [-0.1, -0.05) is 53.3 Å². The van der Waals surface area contributed by atoms with Crippen molar-refractivity contribution in [3.05, 3.63) is 53.7 Å². The largest absolute Gasteiger partial charge is 0.383 e. The molecule has 27 heavy (non-hydrogen) atoms. The fraction of sp³-hybridized carbons (Fsp3) is 0.222. The van der Waals surface area contributed by atoms with Crippen molar-refractivity contribution in [1.29, 1.82) is 0 Å². The van der Waals surface area contributed by atoms with Crippen LogP contribution in [0.1, 0.15) is 5.89 Å². The molecule has 0 aliphatic carbocycles. The van der Waals surface area contributed by atoms with Gasteiger partial charge in [0.05, 0.1) is 23.8 Å². The lowest BCUT2D eigenvalue weighted by molar-refractivity contribution is 0.185. The molecule has 0 amide bonds. The van der Waals surface area contributed by atoms with E-state index in [4.69, 9.17) is 9.26 Å². The standard InChI is InChI=1S/C18H17N5O2S2/c1-24-10-9-23-17(13-6-3-2-4-7-13)20-21-18(23)27-12-15-19-16(22-25-15)14-8-5-11-26-14/h2-8,11H,9-10,12H2,1H3. The van der Waals surface area contributed by atoms with Crippen LogP contribution in [-0.2, 0) is 17.0 Å². The smallest absolute Gasteiger partial charge is 0.237 e. The molecule has 3 aromatic heterocycles. The van der Waals surface area contributed by atoms with E-state index in [0.717, 1.165) is 21.4 Å². The number of aromatic nitrogens is 5. The predicted molar refractivity (Wildman–Crippen MR) is 105 cm³/mol. The van der Waals surface area contributed by atoms with Crippen LogP contribution in [0.3, 0.4) is 0 Å². The van der Waals surface area contributed by atoms with Crippen molar-refractivity contribution in [2.75, 3.05) is 13.7 Å². The molecule has 4 aromatic rings. The monoisotopic (exact) mass is 399 g/mol. The normalized spacial score (nSPS) is 11.1. The molecule has 0 N–H and O–H groups in total. The maximum Gasteiger partial charge on any atom is 0.237 e. The van der Waals surface area contributed by atoms with Gasteiger partial charge < -0.3 is 9.26 Å². The highest BCUT2D eigenvalue weighted by atomic mass is 32.2. The van der Waals surface area contributed by atoms with Gasteiger partial charge in [-0.25, -0.2) is 0 Å². The summed E-state index contributed by atoms with van der Waals surface area (Å²) in [5, 5.41) is 15.5. The summed E-state index contributed by atoms with van der Waals surface area (Å²) in [6.07, 6.45) is 0. The van der Waals surface area contributed by atoms with E-state index in [1.165, 1.54) is 11.8 Å². The summed E-state index contributed by atoms with van der Waals surface area (Å²) in [6.45, 7) is 1.24. The molecule has 0 saturated heterocycles. The van der Waals surface area contributed by atoms with E-state index >= 15 is 0 Å². The van der Waals surface area contributed by atoms with Crippen LogP contribution in [-0.4, -0.2) is 38.6 Å². The number of hydrogen-bond acceptors (Lipinski definition) is 8. The second-order valence-electron chi connectivity index (χ2n) is 5.59. The summed E-state index contributed by atoms with van der Waals surface area (Å²) in [7, 11) is 1.68. The number of benzene rings is 1. The quantitative estimate of drug-likeness (QED) is 0.414. The van der Waals surface area contributed by atoms with Gasteiger partial charge in [0.25, 0.3) is 0 Å². The molecule has 0 fully saturated rings. The van der Waals surface area contributed by atoms with Crippen LogP contribution in [0.5, 0.6) is 0 Å². The molecule has 0 unspecified atom stereocenters. The second kappa shape index (κ2) is 8.47. The number of rotatable bonds is 8. The molecule has 1 aromatic carbocycles. The number of ether oxygens (including phenoxy) is 1. The molecule has 0 saturated carbocycles. The number of hydrogen-bond donors (Lipinski definition) is 0. The lowest BCUT2D eigenvalue weighted by Gasteiger charge is -2.09. The van der Waals surface area contributed by atoms with E-state index in [-0.39, 0.29) is 0 Å². The van der Waals surface area contributed by atoms with Crippen molar-refractivity contribution < 1.29 is 9.26 Å². The van der Waals surface area contributed by atoms with Crippen LogP contribution in [0, 0.1) is 0 Å². The van der Waals surface area contributed by atoms with Gasteiger partial charge in [0.1, 0.15) is 0 Å². The summed E-state index contributed by atoms with van der Waals surface area (Å²) in [4.78, 5) is 5.44. The number of thiophene rings is 1. The maximum atomic E-state index is 5.37. The van der Waals surface area contributed by atoms with E-state index < -0.39 is 0 Å². The molecule has 0 bridgehead atoms. The minimum atomic E-state index is 0.526. The van der Waals surface area contributed by atoms with Gasteiger partial charge in [0.2, 0.25) is 11.7 Å². The third kappa shape index (κ3) is 4.10. The molecular formula is C18H17N5O2S2.